The Bertz CT molecular complexity index is 627. The lowest BCUT2D eigenvalue weighted by molar-refractivity contribution is 1.02. The number of fused-ring (bicyclic) bond motifs is 3. The second-order valence-corrected chi connectivity index (χ2v) is 4.95. The molecule has 0 fully saturated rings. The first-order valence-corrected chi connectivity index (χ1v) is 6.00. The van der Waals surface area contributed by atoms with Crippen LogP contribution in [0.3, 0.4) is 0 Å². The molecule has 0 saturated carbocycles. The van der Waals surface area contributed by atoms with E-state index in [0.29, 0.717) is 0 Å². The van der Waals surface area contributed by atoms with Crippen LogP contribution in [0.5, 0.6) is 0 Å². The van der Waals surface area contributed by atoms with Crippen molar-refractivity contribution in [2.24, 2.45) is 0 Å². The summed E-state index contributed by atoms with van der Waals surface area (Å²) in [5.41, 5.74) is 9.97. The molecule has 2 nitrogen and oxygen atoms in total. The Kier molecular flexibility index (Phi) is 2.09. The highest BCUT2D eigenvalue weighted by atomic mass is 14.8. The van der Waals surface area contributed by atoms with E-state index in [4.69, 9.17) is 4.98 Å². The molecule has 0 spiro atoms. The average molecular weight is 224 g/mol. The molecule has 1 aliphatic carbocycles. The van der Waals surface area contributed by atoms with Gasteiger partial charge in [0, 0.05) is 29.4 Å². The average Bonchev–Trinajstić information content (AvgIpc) is 2.63. The van der Waals surface area contributed by atoms with Gasteiger partial charge in [-0.15, -0.1) is 0 Å². The minimum Gasteiger partial charge on any atom is -0.260 e. The SMILES string of the molecule is Cc1cc2c(nc1C)Cc1ncc(C)c(C)c1-2. The molecule has 0 atom stereocenters. The van der Waals surface area contributed by atoms with Gasteiger partial charge in [0.05, 0.1) is 11.4 Å². The number of hydrogen-bond donors (Lipinski definition) is 0. The molecule has 17 heavy (non-hydrogen) atoms. The summed E-state index contributed by atoms with van der Waals surface area (Å²) >= 11 is 0. The third-order valence-corrected chi connectivity index (χ3v) is 3.82. The van der Waals surface area contributed by atoms with Crippen molar-refractivity contribution in [1.82, 2.24) is 9.97 Å². The maximum atomic E-state index is 4.70. The molecular weight excluding hydrogens is 208 g/mol. The topological polar surface area (TPSA) is 25.8 Å². The summed E-state index contributed by atoms with van der Waals surface area (Å²) in [4.78, 5) is 9.25. The van der Waals surface area contributed by atoms with Gasteiger partial charge in [0.1, 0.15) is 0 Å². The maximum Gasteiger partial charge on any atom is 0.0545 e. The van der Waals surface area contributed by atoms with Crippen molar-refractivity contribution in [2.75, 3.05) is 0 Å². The highest BCUT2D eigenvalue weighted by Crippen LogP contribution is 2.38. The van der Waals surface area contributed by atoms with E-state index < -0.39 is 0 Å². The fourth-order valence-electron chi connectivity index (χ4n) is 2.51. The predicted molar refractivity (Wildman–Crippen MR) is 69.2 cm³/mol. The van der Waals surface area contributed by atoms with Crippen LogP contribution in [0.25, 0.3) is 11.1 Å². The summed E-state index contributed by atoms with van der Waals surface area (Å²) in [5.74, 6) is 0. The smallest absolute Gasteiger partial charge is 0.0545 e. The van der Waals surface area contributed by atoms with Gasteiger partial charge < -0.3 is 0 Å². The third kappa shape index (κ3) is 1.40. The van der Waals surface area contributed by atoms with Gasteiger partial charge in [0.15, 0.2) is 0 Å². The molecular formula is C15H16N2. The lowest BCUT2D eigenvalue weighted by Crippen LogP contribution is -1.93. The lowest BCUT2D eigenvalue weighted by atomic mass is 10.00. The molecule has 3 rings (SSSR count). The van der Waals surface area contributed by atoms with Gasteiger partial charge in [-0.3, -0.25) is 9.97 Å². The third-order valence-electron chi connectivity index (χ3n) is 3.82. The van der Waals surface area contributed by atoms with Crippen molar-refractivity contribution in [3.63, 3.8) is 0 Å². The van der Waals surface area contributed by atoms with Crippen molar-refractivity contribution >= 4 is 0 Å². The Morgan fingerprint density at radius 2 is 1.76 bits per heavy atom. The fourth-order valence-corrected chi connectivity index (χ4v) is 2.51. The summed E-state index contributed by atoms with van der Waals surface area (Å²) in [6, 6.07) is 2.26. The molecule has 86 valence electrons. The first kappa shape index (κ1) is 10.5. The van der Waals surface area contributed by atoms with Crippen LogP contribution in [0.1, 0.15) is 33.8 Å². The summed E-state index contributed by atoms with van der Waals surface area (Å²) in [6.45, 7) is 8.50. The second kappa shape index (κ2) is 3.39. The van der Waals surface area contributed by atoms with Crippen LogP contribution >= 0.6 is 0 Å². The zero-order valence-corrected chi connectivity index (χ0v) is 10.8. The monoisotopic (exact) mass is 224 g/mol. The minimum atomic E-state index is 0.882. The van der Waals surface area contributed by atoms with Crippen LogP contribution in [0.2, 0.25) is 0 Å². The quantitative estimate of drug-likeness (QED) is 0.585. The maximum absolute atomic E-state index is 4.70. The Morgan fingerprint density at radius 1 is 1.00 bits per heavy atom. The number of pyridine rings is 2. The largest absolute Gasteiger partial charge is 0.260 e. The van der Waals surface area contributed by atoms with E-state index in [1.54, 1.807) is 0 Å². The molecule has 0 aromatic carbocycles. The molecule has 0 aliphatic heterocycles. The van der Waals surface area contributed by atoms with Gasteiger partial charge >= 0.3 is 0 Å². The lowest BCUT2D eigenvalue weighted by Gasteiger charge is -2.08. The zero-order chi connectivity index (χ0) is 12.2. The number of aromatic nitrogens is 2. The Balaban J connectivity index is 2.33. The van der Waals surface area contributed by atoms with E-state index in [2.05, 4.69) is 38.7 Å². The molecule has 0 radical (unpaired) electrons. The van der Waals surface area contributed by atoms with E-state index in [0.717, 1.165) is 12.1 Å². The molecule has 0 unspecified atom stereocenters. The van der Waals surface area contributed by atoms with Crippen LogP contribution in [-0.4, -0.2) is 9.97 Å². The number of nitrogens with zero attached hydrogens (tertiary/aromatic N) is 2. The number of aryl methyl sites for hydroxylation is 3. The normalized spacial score (nSPS) is 12.5. The van der Waals surface area contributed by atoms with Crippen molar-refractivity contribution in [2.45, 2.75) is 34.1 Å². The van der Waals surface area contributed by atoms with Crippen LogP contribution < -0.4 is 0 Å². The van der Waals surface area contributed by atoms with Crippen LogP contribution in [0.4, 0.5) is 0 Å². The van der Waals surface area contributed by atoms with E-state index in [9.17, 15) is 0 Å². The van der Waals surface area contributed by atoms with E-state index in [-0.39, 0.29) is 0 Å². The zero-order valence-electron chi connectivity index (χ0n) is 10.8. The van der Waals surface area contributed by atoms with Gasteiger partial charge in [0.2, 0.25) is 0 Å². The number of hydrogen-bond acceptors (Lipinski definition) is 2. The Labute approximate surface area is 102 Å². The van der Waals surface area contributed by atoms with Gasteiger partial charge in [-0.2, -0.15) is 0 Å². The van der Waals surface area contributed by atoms with Crippen molar-refractivity contribution in [3.05, 3.63) is 46.0 Å². The van der Waals surface area contributed by atoms with E-state index in [1.807, 2.05) is 6.20 Å². The molecule has 2 heteroatoms. The summed E-state index contributed by atoms with van der Waals surface area (Å²) < 4.78 is 0. The molecule has 2 aromatic heterocycles. The summed E-state index contributed by atoms with van der Waals surface area (Å²) in [6.07, 6.45) is 2.85. The molecule has 2 aromatic rings. The van der Waals surface area contributed by atoms with Crippen LogP contribution in [-0.2, 0) is 6.42 Å². The Morgan fingerprint density at radius 3 is 2.53 bits per heavy atom. The highest BCUT2D eigenvalue weighted by molar-refractivity contribution is 5.78. The van der Waals surface area contributed by atoms with Gasteiger partial charge in [-0.05, 0) is 50.5 Å². The molecule has 2 heterocycles. The summed E-state index contributed by atoms with van der Waals surface area (Å²) in [5, 5.41) is 0. The molecule has 0 bridgehead atoms. The van der Waals surface area contributed by atoms with E-state index >= 15 is 0 Å². The first-order valence-electron chi connectivity index (χ1n) is 6.00. The second-order valence-electron chi connectivity index (χ2n) is 4.95. The highest BCUT2D eigenvalue weighted by Gasteiger charge is 2.24. The molecule has 0 amide bonds. The van der Waals surface area contributed by atoms with Gasteiger partial charge in [-0.25, -0.2) is 0 Å². The van der Waals surface area contributed by atoms with Gasteiger partial charge in [-0.1, -0.05) is 0 Å². The van der Waals surface area contributed by atoms with E-state index in [1.165, 1.54) is 39.2 Å². The predicted octanol–water partition coefficient (Wildman–Crippen LogP) is 3.28. The van der Waals surface area contributed by atoms with Crippen molar-refractivity contribution in [1.29, 1.82) is 0 Å². The standard InChI is InChI=1S/C15H16N2/c1-8-5-12-13(17-11(8)4)6-14-15(12)10(3)9(2)7-16-14/h5,7H,6H2,1-4H3. The first-order chi connectivity index (χ1) is 8.08. The molecule has 1 aliphatic rings. The number of rotatable bonds is 0. The fraction of sp³-hybridized carbons (Fsp3) is 0.333. The minimum absolute atomic E-state index is 0.882. The Hall–Kier alpha value is -1.70. The van der Waals surface area contributed by atoms with Crippen LogP contribution in [0, 0.1) is 27.7 Å². The molecule has 0 N–H and O–H groups in total. The molecule has 0 saturated heterocycles. The van der Waals surface area contributed by atoms with Crippen LogP contribution in [0.15, 0.2) is 12.3 Å². The van der Waals surface area contributed by atoms with Gasteiger partial charge in [0.25, 0.3) is 0 Å². The van der Waals surface area contributed by atoms with Crippen molar-refractivity contribution < 1.29 is 0 Å². The summed E-state index contributed by atoms with van der Waals surface area (Å²) in [7, 11) is 0. The van der Waals surface area contributed by atoms with Crippen molar-refractivity contribution in [3.8, 4) is 11.1 Å².